The number of fused-ring (bicyclic) bond motifs is 12. The zero-order valence-corrected chi connectivity index (χ0v) is 57.2. The molecule has 4 aliphatic rings. The number of ether oxygens (including phenoxy) is 2. The van der Waals surface area contributed by atoms with Gasteiger partial charge in [0, 0.05) is 66.1 Å². The van der Waals surface area contributed by atoms with Gasteiger partial charge in [-0.15, -0.1) is 0 Å². The number of nitrogens with zero attached hydrogens (tertiary/aromatic N) is 8. The predicted octanol–water partition coefficient (Wildman–Crippen LogP) is 22.6. The van der Waals surface area contributed by atoms with E-state index in [0.717, 1.165) is 139 Å². The van der Waals surface area contributed by atoms with Crippen LogP contribution in [0.15, 0.2) is 352 Å². The molecule has 0 spiro atoms. The molecule has 0 fully saturated rings. The van der Waals surface area contributed by atoms with Crippen LogP contribution in [0.1, 0.15) is 34.6 Å². The van der Waals surface area contributed by atoms with Crippen molar-refractivity contribution in [3.8, 4) is 113 Å². The molecule has 0 N–H and O–H groups in total. The minimum atomic E-state index is -0.285. The second-order valence-electron chi connectivity index (χ2n) is 27.5. The fourth-order valence-electron chi connectivity index (χ4n) is 16.4. The van der Waals surface area contributed by atoms with E-state index in [-0.39, 0.29) is 24.0 Å². The molecule has 2 aliphatic heterocycles. The summed E-state index contributed by atoms with van der Waals surface area (Å²) in [5.41, 5.74) is 23.1. The minimum absolute atomic E-state index is 0.170. The van der Waals surface area contributed by atoms with E-state index in [1.165, 1.54) is 16.3 Å². The Hall–Kier alpha value is -14.0. The van der Waals surface area contributed by atoms with E-state index in [2.05, 4.69) is 282 Å². The molecule has 106 heavy (non-hydrogen) atoms. The van der Waals surface area contributed by atoms with E-state index >= 15 is 0 Å². The van der Waals surface area contributed by atoms with Crippen molar-refractivity contribution in [3.05, 3.63) is 375 Å². The van der Waals surface area contributed by atoms with E-state index < -0.39 is 0 Å². The zero-order chi connectivity index (χ0) is 69.8. The van der Waals surface area contributed by atoms with Crippen LogP contribution in [0.25, 0.3) is 156 Å². The van der Waals surface area contributed by atoms with Crippen molar-refractivity contribution in [2.45, 2.75) is 24.0 Å². The maximum Gasteiger partial charge on any atom is 0.164 e. The van der Waals surface area contributed by atoms with Crippen LogP contribution in [0.5, 0.6) is 11.5 Å². The quantitative estimate of drug-likeness (QED) is 0.119. The average Bonchev–Trinajstić information content (AvgIpc) is 1.59. The third-order valence-corrected chi connectivity index (χ3v) is 21.4. The monoisotopic (exact) mass is 1360 g/mol. The lowest BCUT2D eigenvalue weighted by Gasteiger charge is -2.22. The molecule has 17 aromatic rings. The van der Waals surface area contributed by atoms with E-state index in [4.69, 9.17) is 39.4 Å². The fourth-order valence-corrected chi connectivity index (χ4v) is 16.4. The van der Waals surface area contributed by atoms with Gasteiger partial charge in [-0.1, -0.05) is 285 Å². The predicted molar refractivity (Wildman–Crippen MR) is 427 cm³/mol. The van der Waals surface area contributed by atoms with Crippen molar-refractivity contribution in [2.24, 2.45) is 0 Å². The van der Waals surface area contributed by atoms with Gasteiger partial charge in [-0.2, -0.15) is 0 Å². The van der Waals surface area contributed by atoms with Gasteiger partial charge in [0.2, 0.25) is 0 Å². The topological polar surface area (TPSA) is 106 Å². The molecule has 21 rings (SSSR count). The molecular weight excluding hydrogens is 1300 g/mol. The largest absolute Gasteiger partial charge is 0.483 e. The SMILES string of the molecule is C1=CC2Oc3c(cccc3-n3c4ccc(-c5ccccc5)cc4c4cc(-c5ccc(-c6cccc(-c7nc(C8=CC=CC9Oc%10c(cccc%10-n%10c%11ccccc%11c%11ccc(-c%12ccccc%12)cc%11%10)C89)nc(-c8ccccc8)n7)c6)cc5)ccc43)C2C(c2nc(-c3ccccc3)nc(-c3ccccc3)n2)=C1. The Bertz CT molecular complexity index is 6460. The van der Waals surface area contributed by atoms with Gasteiger partial charge < -0.3 is 18.6 Å². The number of allylic oxidation sites excluding steroid dienone is 4. The first-order chi connectivity index (χ1) is 52.5. The molecule has 13 aromatic carbocycles. The number of aromatic nitrogens is 8. The summed E-state index contributed by atoms with van der Waals surface area (Å²) in [5.74, 6) is 5.00. The highest BCUT2D eigenvalue weighted by Crippen LogP contribution is 2.54. The van der Waals surface area contributed by atoms with Crippen LogP contribution in [-0.4, -0.2) is 51.2 Å². The maximum atomic E-state index is 7.19. The summed E-state index contributed by atoms with van der Waals surface area (Å²) < 4.78 is 19.1. The lowest BCUT2D eigenvalue weighted by atomic mass is 9.84. The van der Waals surface area contributed by atoms with Gasteiger partial charge >= 0.3 is 0 Å². The van der Waals surface area contributed by atoms with Gasteiger partial charge in [0.05, 0.1) is 45.3 Å². The Labute approximate surface area is 611 Å². The van der Waals surface area contributed by atoms with Crippen LogP contribution in [-0.2, 0) is 0 Å². The van der Waals surface area contributed by atoms with E-state index in [0.29, 0.717) is 34.9 Å². The summed E-state index contributed by atoms with van der Waals surface area (Å²) in [7, 11) is 0. The van der Waals surface area contributed by atoms with E-state index in [1.54, 1.807) is 0 Å². The highest BCUT2D eigenvalue weighted by atomic mass is 16.5. The van der Waals surface area contributed by atoms with Gasteiger partial charge in [-0.3, -0.25) is 0 Å². The van der Waals surface area contributed by atoms with E-state index in [9.17, 15) is 0 Å². The molecule has 0 saturated carbocycles. The highest BCUT2D eigenvalue weighted by Gasteiger charge is 2.42. The van der Waals surface area contributed by atoms with Crippen molar-refractivity contribution >= 4 is 54.8 Å². The van der Waals surface area contributed by atoms with Gasteiger partial charge in [0.15, 0.2) is 34.9 Å². The summed E-state index contributed by atoms with van der Waals surface area (Å²) in [4.78, 5) is 31.4. The molecule has 6 heterocycles. The number of benzene rings is 13. The maximum absolute atomic E-state index is 7.19. The molecule has 10 nitrogen and oxygen atoms in total. The van der Waals surface area contributed by atoms with Crippen LogP contribution in [0.4, 0.5) is 0 Å². The molecule has 10 heteroatoms. The molecule has 0 bridgehead atoms. The van der Waals surface area contributed by atoms with Crippen molar-refractivity contribution in [2.75, 3.05) is 0 Å². The highest BCUT2D eigenvalue weighted by molar-refractivity contribution is 6.13. The molecule has 4 unspecified atom stereocenters. The Kier molecular flexibility index (Phi) is 14.3. The molecule has 0 amide bonds. The van der Waals surface area contributed by atoms with Crippen LogP contribution < -0.4 is 9.47 Å². The average molecular weight is 1360 g/mol. The Morgan fingerprint density at radius 2 is 0.575 bits per heavy atom. The first-order valence-electron chi connectivity index (χ1n) is 36.0. The third-order valence-electron chi connectivity index (χ3n) is 21.4. The van der Waals surface area contributed by atoms with Gasteiger partial charge in [-0.05, 0) is 111 Å². The standard InChI is InChI=1S/C96H62N8O2/c1-6-23-59(24-7-1)67-50-53-80-77(56-67)78-57-68(51-54-81(78)103(80)82-41-19-36-73-87-75(38-21-43-85(87)105-89(73)82)95-99-91(63-27-10-3-11-28-63)97-92(100-95)64-29-12-4-13-30-64)62-47-45-61(46-48-62)66-33-18-34-70(55-66)94-98-93(65-31-14-5-15-32-65)101-96(102-94)76-39-22-44-86-88(76)74-37-20-42-83(90(74)106-86)104-79-40-17-16-35-71(79)72-52-49-69(58-84(72)104)60-25-8-2-9-26-60/h1-58,85-88H. The van der Waals surface area contributed by atoms with E-state index in [1.807, 2.05) is 78.9 Å². The van der Waals surface area contributed by atoms with Crippen molar-refractivity contribution in [1.29, 1.82) is 0 Å². The first kappa shape index (κ1) is 60.8. The summed E-state index contributed by atoms with van der Waals surface area (Å²) in [6, 6.07) is 111. The minimum Gasteiger partial charge on any atom is -0.483 e. The first-order valence-corrected chi connectivity index (χ1v) is 36.0. The zero-order valence-electron chi connectivity index (χ0n) is 57.2. The normalized spacial score (nSPS) is 16.1. The van der Waals surface area contributed by atoms with Crippen molar-refractivity contribution in [3.63, 3.8) is 0 Å². The smallest absolute Gasteiger partial charge is 0.164 e. The summed E-state index contributed by atoms with van der Waals surface area (Å²) in [6.45, 7) is 0. The fraction of sp³-hybridized carbons (Fsp3) is 0.0417. The second-order valence-corrected chi connectivity index (χ2v) is 27.5. The third kappa shape index (κ3) is 10.2. The number of para-hydroxylation sites is 3. The number of rotatable bonds is 12. The summed E-state index contributed by atoms with van der Waals surface area (Å²) >= 11 is 0. The molecule has 2 aliphatic carbocycles. The van der Waals surface area contributed by atoms with Gasteiger partial charge in [0.25, 0.3) is 0 Å². The Morgan fingerprint density at radius 3 is 1.07 bits per heavy atom. The Morgan fingerprint density at radius 1 is 0.236 bits per heavy atom. The van der Waals surface area contributed by atoms with Crippen LogP contribution in [0, 0.1) is 0 Å². The molecule has 0 radical (unpaired) electrons. The number of hydrogen-bond acceptors (Lipinski definition) is 8. The molecule has 4 atom stereocenters. The molecular formula is C96H62N8O2. The van der Waals surface area contributed by atoms with Gasteiger partial charge in [0.1, 0.15) is 23.7 Å². The van der Waals surface area contributed by atoms with Gasteiger partial charge in [-0.25, -0.2) is 29.9 Å². The number of hydrogen-bond donors (Lipinski definition) is 0. The van der Waals surface area contributed by atoms with Crippen LogP contribution in [0.3, 0.4) is 0 Å². The lowest BCUT2D eigenvalue weighted by Crippen LogP contribution is -2.21. The second kappa shape index (κ2) is 24.9. The van der Waals surface area contributed by atoms with Crippen LogP contribution in [0.2, 0.25) is 0 Å². The summed E-state index contributed by atoms with van der Waals surface area (Å²) in [6.07, 6.45) is 12.2. The summed E-state index contributed by atoms with van der Waals surface area (Å²) in [5, 5.41) is 4.65. The Balaban J connectivity index is 0.621. The molecule has 4 aromatic heterocycles. The molecule has 0 saturated heterocycles. The van der Waals surface area contributed by atoms with Crippen molar-refractivity contribution < 1.29 is 9.47 Å². The molecule has 498 valence electrons. The van der Waals surface area contributed by atoms with Crippen LogP contribution >= 0.6 is 0 Å². The lowest BCUT2D eigenvalue weighted by molar-refractivity contribution is 0.271. The van der Waals surface area contributed by atoms with Crippen molar-refractivity contribution in [1.82, 2.24) is 39.0 Å².